The van der Waals surface area contributed by atoms with Gasteiger partial charge in [-0.25, -0.2) is 0 Å². The first kappa shape index (κ1) is 12.6. The van der Waals surface area contributed by atoms with Crippen LogP contribution in [-0.2, 0) is 0 Å². The maximum Gasteiger partial charge on any atom is 0.119 e. The Bertz CT molecular complexity index is 334. The van der Waals surface area contributed by atoms with Crippen LogP contribution >= 0.6 is 0 Å². The van der Waals surface area contributed by atoms with Crippen molar-refractivity contribution in [3.05, 3.63) is 29.8 Å². The van der Waals surface area contributed by atoms with Crippen LogP contribution in [0.4, 0.5) is 0 Å². The van der Waals surface area contributed by atoms with Gasteiger partial charge in [-0.05, 0) is 18.6 Å². The van der Waals surface area contributed by atoms with E-state index in [2.05, 4.69) is 6.92 Å². The molecule has 0 aromatic heterocycles. The largest absolute Gasteiger partial charge is 0.545 e. The molecule has 0 radical (unpaired) electrons. The van der Waals surface area contributed by atoms with Crippen LogP contribution in [0.5, 0.6) is 5.75 Å². The molecular formula is C13H17O3-. The van der Waals surface area contributed by atoms with E-state index in [1.165, 1.54) is 25.0 Å². The van der Waals surface area contributed by atoms with Crippen LogP contribution in [0.15, 0.2) is 24.3 Å². The van der Waals surface area contributed by atoms with Crippen molar-refractivity contribution < 1.29 is 14.6 Å². The van der Waals surface area contributed by atoms with Crippen molar-refractivity contribution >= 4 is 5.97 Å². The molecule has 0 atom stereocenters. The van der Waals surface area contributed by atoms with E-state index in [0.29, 0.717) is 12.4 Å². The molecule has 88 valence electrons. The number of hydrogen-bond donors (Lipinski definition) is 0. The minimum Gasteiger partial charge on any atom is -0.545 e. The van der Waals surface area contributed by atoms with Crippen LogP contribution in [-0.4, -0.2) is 12.6 Å². The van der Waals surface area contributed by atoms with Gasteiger partial charge in [0.15, 0.2) is 0 Å². The molecule has 0 aliphatic carbocycles. The molecule has 16 heavy (non-hydrogen) atoms. The van der Waals surface area contributed by atoms with Gasteiger partial charge in [-0.2, -0.15) is 0 Å². The van der Waals surface area contributed by atoms with Gasteiger partial charge in [-0.1, -0.05) is 38.3 Å². The van der Waals surface area contributed by atoms with Crippen molar-refractivity contribution in [3.8, 4) is 5.75 Å². The van der Waals surface area contributed by atoms with Gasteiger partial charge in [0.2, 0.25) is 0 Å². The molecular weight excluding hydrogens is 204 g/mol. The zero-order chi connectivity index (χ0) is 11.8. The van der Waals surface area contributed by atoms with Crippen LogP contribution in [0.2, 0.25) is 0 Å². The number of unbranched alkanes of at least 4 members (excludes halogenated alkanes) is 3. The average Bonchev–Trinajstić information content (AvgIpc) is 2.29. The van der Waals surface area contributed by atoms with Crippen LogP contribution in [0.1, 0.15) is 43.0 Å². The third-order valence-electron chi connectivity index (χ3n) is 2.34. The van der Waals surface area contributed by atoms with Gasteiger partial charge < -0.3 is 14.6 Å². The van der Waals surface area contributed by atoms with E-state index in [0.717, 1.165) is 12.8 Å². The van der Waals surface area contributed by atoms with Gasteiger partial charge in [0.1, 0.15) is 5.75 Å². The molecule has 0 heterocycles. The first-order valence-corrected chi connectivity index (χ1v) is 5.68. The Kier molecular flexibility index (Phi) is 5.40. The monoisotopic (exact) mass is 221 g/mol. The fourth-order valence-corrected chi connectivity index (χ4v) is 1.43. The molecule has 0 bridgehead atoms. The number of aromatic carboxylic acids is 1. The Balaban J connectivity index is 2.36. The van der Waals surface area contributed by atoms with Crippen LogP contribution in [0, 0.1) is 0 Å². The summed E-state index contributed by atoms with van der Waals surface area (Å²) in [6.07, 6.45) is 4.56. The number of carboxylic acids is 1. The molecule has 3 heteroatoms. The quantitative estimate of drug-likeness (QED) is 0.662. The molecule has 0 N–H and O–H groups in total. The van der Waals surface area contributed by atoms with Crippen LogP contribution in [0.3, 0.4) is 0 Å². The van der Waals surface area contributed by atoms with E-state index in [4.69, 9.17) is 4.74 Å². The minimum atomic E-state index is -1.17. The Morgan fingerprint density at radius 3 is 2.81 bits per heavy atom. The lowest BCUT2D eigenvalue weighted by atomic mass is 10.2. The number of carbonyl (C=O) groups is 1. The van der Waals surface area contributed by atoms with E-state index >= 15 is 0 Å². The van der Waals surface area contributed by atoms with Crippen LogP contribution < -0.4 is 9.84 Å². The number of rotatable bonds is 7. The van der Waals surface area contributed by atoms with E-state index in [1.54, 1.807) is 12.1 Å². The first-order chi connectivity index (χ1) is 7.74. The smallest absolute Gasteiger partial charge is 0.119 e. The summed E-state index contributed by atoms with van der Waals surface area (Å²) in [7, 11) is 0. The number of carboxylic acid groups (broad SMARTS) is 1. The van der Waals surface area contributed by atoms with Crippen molar-refractivity contribution in [2.45, 2.75) is 32.6 Å². The molecule has 0 amide bonds. The highest BCUT2D eigenvalue weighted by Gasteiger charge is 1.97. The molecule has 0 saturated carbocycles. The second-order valence-corrected chi connectivity index (χ2v) is 3.72. The van der Waals surface area contributed by atoms with E-state index < -0.39 is 5.97 Å². The van der Waals surface area contributed by atoms with E-state index in [1.807, 2.05) is 0 Å². The highest BCUT2D eigenvalue weighted by Crippen LogP contribution is 2.13. The predicted molar refractivity (Wildman–Crippen MR) is 60.4 cm³/mol. The van der Waals surface area contributed by atoms with Crippen molar-refractivity contribution in [1.82, 2.24) is 0 Å². The van der Waals surface area contributed by atoms with Gasteiger partial charge in [-0.3, -0.25) is 0 Å². The number of hydrogen-bond acceptors (Lipinski definition) is 3. The lowest BCUT2D eigenvalue weighted by molar-refractivity contribution is -0.255. The fraction of sp³-hybridized carbons (Fsp3) is 0.462. The zero-order valence-corrected chi connectivity index (χ0v) is 9.57. The number of ether oxygens (including phenoxy) is 1. The molecule has 1 rings (SSSR count). The second kappa shape index (κ2) is 6.88. The summed E-state index contributed by atoms with van der Waals surface area (Å²) in [5, 5.41) is 10.6. The standard InChI is InChI=1S/C13H18O3/c1-2-3-4-5-9-16-12-8-6-7-11(10-12)13(14)15/h6-8,10H,2-5,9H2,1H3,(H,14,15)/p-1. The Labute approximate surface area is 96.1 Å². The average molecular weight is 221 g/mol. The zero-order valence-electron chi connectivity index (χ0n) is 9.57. The molecule has 1 aromatic rings. The molecule has 3 nitrogen and oxygen atoms in total. The summed E-state index contributed by atoms with van der Waals surface area (Å²) < 4.78 is 5.45. The van der Waals surface area contributed by atoms with Gasteiger partial charge in [0.25, 0.3) is 0 Å². The molecule has 0 aliphatic heterocycles. The van der Waals surface area contributed by atoms with Crippen LogP contribution in [0.25, 0.3) is 0 Å². The van der Waals surface area contributed by atoms with Crippen molar-refractivity contribution in [2.75, 3.05) is 6.61 Å². The second-order valence-electron chi connectivity index (χ2n) is 3.72. The van der Waals surface area contributed by atoms with E-state index in [-0.39, 0.29) is 5.56 Å². The maximum atomic E-state index is 10.6. The van der Waals surface area contributed by atoms with Gasteiger partial charge in [-0.15, -0.1) is 0 Å². The molecule has 1 aromatic carbocycles. The summed E-state index contributed by atoms with van der Waals surface area (Å²) >= 11 is 0. The Hall–Kier alpha value is -1.51. The predicted octanol–water partition coefficient (Wildman–Crippen LogP) is 2.01. The molecule has 0 unspecified atom stereocenters. The highest BCUT2D eigenvalue weighted by molar-refractivity contribution is 5.86. The molecule has 0 saturated heterocycles. The van der Waals surface area contributed by atoms with Crippen molar-refractivity contribution in [2.24, 2.45) is 0 Å². The highest BCUT2D eigenvalue weighted by atomic mass is 16.5. The topological polar surface area (TPSA) is 49.4 Å². The number of carbonyl (C=O) groups excluding carboxylic acids is 1. The van der Waals surface area contributed by atoms with Crippen molar-refractivity contribution in [3.63, 3.8) is 0 Å². The molecule has 0 aliphatic rings. The first-order valence-electron chi connectivity index (χ1n) is 5.68. The lowest BCUT2D eigenvalue weighted by Gasteiger charge is -2.08. The maximum absolute atomic E-state index is 10.6. The summed E-state index contributed by atoms with van der Waals surface area (Å²) in [4.78, 5) is 10.6. The number of benzene rings is 1. The van der Waals surface area contributed by atoms with Gasteiger partial charge in [0, 0.05) is 5.56 Å². The fourth-order valence-electron chi connectivity index (χ4n) is 1.43. The summed E-state index contributed by atoms with van der Waals surface area (Å²) in [5.41, 5.74) is 0.158. The van der Waals surface area contributed by atoms with Crippen molar-refractivity contribution in [1.29, 1.82) is 0 Å². The third kappa shape index (κ3) is 4.34. The SMILES string of the molecule is CCCCCCOc1cccc(C(=O)[O-])c1. The Morgan fingerprint density at radius 2 is 2.12 bits per heavy atom. The van der Waals surface area contributed by atoms with Gasteiger partial charge in [0.05, 0.1) is 12.6 Å². The third-order valence-corrected chi connectivity index (χ3v) is 2.34. The minimum absolute atomic E-state index is 0.158. The lowest BCUT2D eigenvalue weighted by Crippen LogP contribution is -2.22. The Morgan fingerprint density at radius 1 is 1.31 bits per heavy atom. The summed E-state index contributed by atoms with van der Waals surface area (Å²) in [6.45, 7) is 2.79. The van der Waals surface area contributed by atoms with Gasteiger partial charge >= 0.3 is 0 Å². The summed E-state index contributed by atoms with van der Waals surface area (Å²) in [5.74, 6) is -0.574. The molecule has 0 fully saturated rings. The normalized spacial score (nSPS) is 10.1. The molecule has 0 spiro atoms. The van der Waals surface area contributed by atoms with E-state index in [9.17, 15) is 9.90 Å². The summed E-state index contributed by atoms with van der Waals surface area (Å²) in [6, 6.07) is 6.41.